The van der Waals surface area contributed by atoms with Crippen LogP contribution in [0.25, 0.3) is 0 Å². The van der Waals surface area contributed by atoms with Gasteiger partial charge in [-0.1, -0.05) is 37.4 Å². The monoisotopic (exact) mass is 333 g/mol. The number of hydrogen-bond donors (Lipinski definition) is 1. The van der Waals surface area contributed by atoms with E-state index in [4.69, 9.17) is 16.7 Å². The van der Waals surface area contributed by atoms with Crippen molar-refractivity contribution in [3.05, 3.63) is 28.8 Å². The highest BCUT2D eigenvalue weighted by Crippen LogP contribution is 2.25. The molecule has 0 spiro atoms. The van der Waals surface area contributed by atoms with Crippen LogP contribution in [0.2, 0.25) is 5.02 Å². The van der Waals surface area contributed by atoms with Gasteiger partial charge in [0.15, 0.2) is 0 Å². The van der Waals surface area contributed by atoms with Gasteiger partial charge < -0.3 is 5.11 Å². The zero-order valence-corrected chi connectivity index (χ0v) is 14.4. The van der Waals surface area contributed by atoms with Crippen molar-refractivity contribution in [3.63, 3.8) is 0 Å². The largest absolute Gasteiger partial charge is 0.392 e. The smallest absolute Gasteiger partial charge is 0.243 e. The normalized spacial score (nSPS) is 12.3. The Kier molecular flexibility index (Phi) is 7.13. The lowest BCUT2D eigenvalue weighted by molar-refractivity contribution is 0.282. The summed E-state index contributed by atoms with van der Waals surface area (Å²) in [7, 11) is -3.56. The molecule has 21 heavy (non-hydrogen) atoms. The first-order valence-electron chi connectivity index (χ1n) is 7.25. The lowest BCUT2D eigenvalue weighted by Gasteiger charge is -2.26. The summed E-state index contributed by atoms with van der Waals surface area (Å²) in [6, 6.07) is 4.36. The number of nitrogens with zero attached hydrogens (tertiary/aromatic N) is 1. The zero-order valence-electron chi connectivity index (χ0n) is 12.8. The van der Waals surface area contributed by atoms with Gasteiger partial charge in [0, 0.05) is 17.6 Å². The molecule has 1 aromatic rings. The Hall–Kier alpha value is -0.620. The molecule has 4 nitrogen and oxygen atoms in total. The first-order valence-corrected chi connectivity index (χ1v) is 9.07. The van der Waals surface area contributed by atoms with Gasteiger partial charge >= 0.3 is 0 Å². The van der Waals surface area contributed by atoms with E-state index in [1.54, 1.807) is 6.07 Å². The average Bonchev–Trinajstić information content (AvgIpc) is 2.42. The predicted octanol–water partition coefficient (Wildman–Crippen LogP) is 3.42. The second-order valence-corrected chi connectivity index (χ2v) is 7.63. The van der Waals surface area contributed by atoms with E-state index in [0.29, 0.717) is 12.1 Å². The molecule has 0 unspecified atom stereocenters. The second-order valence-electron chi connectivity index (χ2n) is 5.33. The third kappa shape index (κ3) is 4.68. The topological polar surface area (TPSA) is 57.6 Å². The molecule has 0 aromatic heterocycles. The molecule has 0 aliphatic heterocycles. The molecular formula is C15H24ClNO3S. The van der Waals surface area contributed by atoms with Crippen LogP contribution >= 0.6 is 11.6 Å². The van der Waals surface area contributed by atoms with E-state index in [-0.39, 0.29) is 22.6 Å². The fourth-order valence-electron chi connectivity index (χ4n) is 2.13. The molecule has 1 rings (SSSR count). The van der Waals surface area contributed by atoms with Crippen LogP contribution in [0.3, 0.4) is 0 Å². The molecule has 0 radical (unpaired) electrons. The lowest BCUT2D eigenvalue weighted by Crippen LogP contribution is -2.37. The summed E-state index contributed by atoms with van der Waals surface area (Å²) in [5.41, 5.74) is 0.526. The molecule has 120 valence electrons. The number of aliphatic hydroxyl groups is 1. The van der Waals surface area contributed by atoms with Gasteiger partial charge in [-0.05, 0) is 38.0 Å². The van der Waals surface area contributed by atoms with E-state index in [1.165, 1.54) is 16.4 Å². The summed E-state index contributed by atoms with van der Waals surface area (Å²) in [5.74, 6) is 0. The van der Waals surface area contributed by atoms with Crippen molar-refractivity contribution in [1.29, 1.82) is 0 Å². The highest BCUT2D eigenvalue weighted by atomic mass is 35.5. The van der Waals surface area contributed by atoms with Gasteiger partial charge in [-0.2, -0.15) is 4.31 Å². The summed E-state index contributed by atoms with van der Waals surface area (Å²) in [6.45, 7) is 6.12. The summed E-state index contributed by atoms with van der Waals surface area (Å²) >= 11 is 6.00. The second kappa shape index (κ2) is 8.13. The van der Waals surface area contributed by atoms with Gasteiger partial charge in [-0.15, -0.1) is 0 Å². The molecule has 0 aliphatic rings. The Morgan fingerprint density at radius 1 is 1.29 bits per heavy atom. The van der Waals surface area contributed by atoms with Crippen molar-refractivity contribution in [1.82, 2.24) is 4.31 Å². The summed E-state index contributed by atoms with van der Waals surface area (Å²) in [5, 5.41) is 9.38. The Labute approximate surface area is 132 Å². The molecule has 0 saturated heterocycles. The molecular weight excluding hydrogens is 310 g/mol. The molecule has 0 saturated carbocycles. The standard InChI is InChI=1S/C15H24ClNO3S/c1-4-5-6-9-17(12(2)3)21(19,20)14-8-7-13(11-18)15(16)10-14/h7-8,10,12,18H,4-6,9,11H2,1-3H3. The van der Waals surface area contributed by atoms with Crippen LogP contribution < -0.4 is 0 Å². The lowest BCUT2D eigenvalue weighted by atomic mass is 10.2. The van der Waals surface area contributed by atoms with Crippen LogP contribution in [0.1, 0.15) is 45.6 Å². The van der Waals surface area contributed by atoms with E-state index >= 15 is 0 Å². The molecule has 0 aliphatic carbocycles. The zero-order chi connectivity index (χ0) is 16.0. The first-order chi connectivity index (χ1) is 9.84. The number of unbranched alkanes of at least 4 members (excludes halogenated alkanes) is 2. The molecule has 0 fully saturated rings. The Morgan fingerprint density at radius 3 is 2.43 bits per heavy atom. The number of benzene rings is 1. The Bertz CT molecular complexity index is 558. The molecule has 0 bridgehead atoms. The SMILES string of the molecule is CCCCCN(C(C)C)S(=O)(=O)c1ccc(CO)c(Cl)c1. The van der Waals surface area contributed by atoms with Crippen molar-refractivity contribution in [2.24, 2.45) is 0 Å². The fraction of sp³-hybridized carbons (Fsp3) is 0.600. The van der Waals surface area contributed by atoms with Gasteiger partial charge in [0.05, 0.1) is 11.5 Å². The van der Waals surface area contributed by atoms with Crippen molar-refractivity contribution in [3.8, 4) is 0 Å². The number of sulfonamides is 1. The Balaban J connectivity index is 3.08. The van der Waals surface area contributed by atoms with Crippen molar-refractivity contribution >= 4 is 21.6 Å². The molecule has 0 heterocycles. The maximum absolute atomic E-state index is 12.7. The minimum atomic E-state index is -3.56. The van der Waals surface area contributed by atoms with Gasteiger partial charge in [-0.25, -0.2) is 8.42 Å². The molecule has 0 atom stereocenters. The Morgan fingerprint density at radius 2 is 1.95 bits per heavy atom. The number of rotatable bonds is 8. The third-order valence-corrected chi connectivity index (χ3v) is 5.78. The van der Waals surface area contributed by atoms with Gasteiger partial charge in [-0.3, -0.25) is 0 Å². The van der Waals surface area contributed by atoms with Crippen LogP contribution in [0, 0.1) is 0 Å². The molecule has 6 heteroatoms. The van der Waals surface area contributed by atoms with Crippen LogP contribution in [-0.4, -0.2) is 30.4 Å². The molecule has 0 amide bonds. The van der Waals surface area contributed by atoms with Crippen LogP contribution in [0.4, 0.5) is 0 Å². The van der Waals surface area contributed by atoms with E-state index in [0.717, 1.165) is 19.3 Å². The maximum Gasteiger partial charge on any atom is 0.243 e. The van der Waals surface area contributed by atoms with Gasteiger partial charge in [0.1, 0.15) is 0 Å². The highest BCUT2D eigenvalue weighted by molar-refractivity contribution is 7.89. The minimum Gasteiger partial charge on any atom is -0.392 e. The predicted molar refractivity (Wildman–Crippen MR) is 85.9 cm³/mol. The van der Waals surface area contributed by atoms with E-state index in [2.05, 4.69) is 6.92 Å². The average molecular weight is 334 g/mol. The van der Waals surface area contributed by atoms with Crippen molar-refractivity contribution < 1.29 is 13.5 Å². The number of halogens is 1. The maximum atomic E-state index is 12.7. The summed E-state index contributed by atoms with van der Waals surface area (Å²) < 4.78 is 27.0. The minimum absolute atomic E-state index is 0.108. The van der Waals surface area contributed by atoms with Crippen LogP contribution in [-0.2, 0) is 16.6 Å². The number of aliphatic hydroxyl groups excluding tert-OH is 1. The van der Waals surface area contributed by atoms with Crippen molar-refractivity contribution in [2.75, 3.05) is 6.54 Å². The van der Waals surface area contributed by atoms with Gasteiger partial charge in [0.25, 0.3) is 0 Å². The molecule has 1 aromatic carbocycles. The first kappa shape index (κ1) is 18.4. The third-order valence-electron chi connectivity index (χ3n) is 3.36. The quantitative estimate of drug-likeness (QED) is 0.741. The summed E-state index contributed by atoms with van der Waals surface area (Å²) in [6.07, 6.45) is 2.89. The van der Waals surface area contributed by atoms with Crippen LogP contribution in [0.15, 0.2) is 23.1 Å². The van der Waals surface area contributed by atoms with Gasteiger partial charge in [0.2, 0.25) is 10.0 Å². The van der Waals surface area contributed by atoms with E-state index < -0.39 is 10.0 Å². The summed E-state index contributed by atoms with van der Waals surface area (Å²) in [4.78, 5) is 0.176. The van der Waals surface area contributed by atoms with E-state index in [1.807, 2.05) is 13.8 Å². The van der Waals surface area contributed by atoms with E-state index in [9.17, 15) is 8.42 Å². The highest BCUT2D eigenvalue weighted by Gasteiger charge is 2.26. The van der Waals surface area contributed by atoms with Crippen LogP contribution in [0.5, 0.6) is 0 Å². The van der Waals surface area contributed by atoms with Crippen molar-refractivity contribution in [2.45, 2.75) is 57.6 Å². The number of hydrogen-bond acceptors (Lipinski definition) is 3. The molecule has 1 N–H and O–H groups in total. The fourth-order valence-corrected chi connectivity index (χ4v) is 4.13.